The van der Waals surface area contributed by atoms with E-state index in [0.717, 1.165) is 6.92 Å². The molecule has 1 heterocycles. The minimum atomic E-state index is -1.76. The third-order valence-electron chi connectivity index (χ3n) is 2.23. The topological polar surface area (TPSA) is 124 Å². The molecule has 1 fully saturated rings. The molecule has 1 aliphatic rings. The highest BCUT2D eigenvalue weighted by atomic mass is 16.6. The molecule has 4 N–H and O–H groups in total. The number of aliphatic hydroxyl groups excluding tert-OH is 4. The molecule has 0 aromatic carbocycles. The Morgan fingerprint density at radius 3 is 2.27 bits per heavy atom. The Hall–Kier alpha value is -1.02. The molecule has 1 unspecified atom stereocenters. The summed E-state index contributed by atoms with van der Waals surface area (Å²) in [7, 11) is 0. The van der Waals surface area contributed by atoms with Crippen molar-refractivity contribution in [3.8, 4) is 0 Å². The number of aliphatic hydroxyl groups is 4. The molecule has 0 aliphatic carbocycles. The molecular weight excluding hydrogens is 208 g/mol. The molecule has 0 radical (unpaired) electrons. The zero-order chi connectivity index (χ0) is 11.7. The number of rotatable bonds is 3. The van der Waals surface area contributed by atoms with Gasteiger partial charge in [0.15, 0.2) is 18.0 Å². The molecule has 15 heavy (non-hydrogen) atoms. The summed E-state index contributed by atoms with van der Waals surface area (Å²) in [6.45, 7) is 1.04. The number of carbonyl (C=O) groups excluding carboxylic acids is 2. The Bertz CT molecular complexity index is 276. The van der Waals surface area contributed by atoms with Crippen LogP contribution in [-0.4, -0.2) is 62.7 Å². The van der Waals surface area contributed by atoms with Crippen molar-refractivity contribution in [1.82, 2.24) is 0 Å². The van der Waals surface area contributed by atoms with Gasteiger partial charge in [-0.3, -0.25) is 4.79 Å². The van der Waals surface area contributed by atoms with Gasteiger partial charge in [-0.1, -0.05) is 0 Å². The molecule has 1 saturated heterocycles. The lowest BCUT2D eigenvalue weighted by atomic mass is 10.00. The summed E-state index contributed by atoms with van der Waals surface area (Å²) in [5.41, 5.74) is 0. The van der Waals surface area contributed by atoms with Crippen LogP contribution in [0, 0.1) is 0 Å². The highest BCUT2D eigenvalue weighted by molar-refractivity contribution is 5.81. The second kappa shape index (κ2) is 4.23. The van der Waals surface area contributed by atoms with Gasteiger partial charge in [-0.05, 0) is 6.92 Å². The average molecular weight is 220 g/mol. The first-order valence-electron chi connectivity index (χ1n) is 4.29. The highest BCUT2D eigenvalue weighted by Crippen LogP contribution is 2.20. The van der Waals surface area contributed by atoms with Gasteiger partial charge < -0.3 is 25.2 Å². The zero-order valence-corrected chi connectivity index (χ0v) is 7.90. The number of ketones is 1. The number of ether oxygens (including phenoxy) is 1. The van der Waals surface area contributed by atoms with Crippen LogP contribution in [0.4, 0.5) is 0 Å². The summed E-state index contributed by atoms with van der Waals surface area (Å²) >= 11 is 0. The van der Waals surface area contributed by atoms with Crippen molar-refractivity contribution >= 4 is 11.8 Å². The fraction of sp³-hybridized carbons (Fsp3) is 0.750. The van der Waals surface area contributed by atoms with Gasteiger partial charge in [-0.15, -0.1) is 0 Å². The van der Waals surface area contributed by atoms with Crippen molar-refractivity contribution in [2.75, 3.05) is 0 Å². The lowest BCUT2D eigenvalue weighted by Crippen LogP contribution is -2.47. The van der Waals surface area contributed by atoms with E-state index in [9.17, 15) is 19.8 Å². The van der Waals surface area contributed by atoms with E-state index in [1.165, 1.54) is 0 Å². The van der Waals surface area contributed by atoms with Crippen LogP contribution in [0.2, 0.25) is 0 Å². The first-order chi connectivity index (χ1) is 6.86. The molecular formula is C8H12O7. The molecule has 0 bridgehead atoms. The van der Waals surface area contributed by atoms with Crippen LogP contribution in [-0.2, 0) is 14.3 Å². The fourth-order valence-electron chi connectivity index (χ4n) is 1.28. The molecule has 1 rings (SSSR count). The molecule has 0 aromatic rings. The van der Waals surface area contributed by atoms with Gasteiger partial charge in [0.25, 0.3) is 0 Å². The maximum atomic E-state index is 10.8. The predicted octanol–water partition coefficient (Wildman–Crippen LogP) is -3.06. The van der Waals surface area contributed by atoms with Crippen LogP contribution in [0.1, 0.15) is 6.92 Å². The second-order valence-electron chi connectivity index (χ2n) is 3.38. The number of hydrogen-bond donors (Lipinski definition) is 4. The summed E-state index contributed by atoms with van der Waals surface area (Å²) < 4.78 is 4.42. The quantitative estimate of drug-likeness (QED) is 0.372. The lowest BCUT2D eigenvalue weighted by Gasteiger charge is -2.22. The van der Waals surface area contributed by atoms with Crippen LogP contribution in [0.5, 0.6) is 0 Å². The van der Waals surface area contributed by atoms with Crippen molar-refractivity contribution in [1.29, 1.82) is 0 Å². The van der Waals surface area contributed by atoms with E-state index >= 15 is 0 Å². The molecule has 1 aliphatic heterocycles. The van der Waals surface area contributed by atoms with Crippen molar-refractivity contribution in [2.45, 2.75) is 37.4 Å². The monoisotopic (exact) mass is 220 g/mol. The van der Waals surface area contributed by atoms with Crippen LogP contribution >= 0.6 is 0 Å². The molecule has 0 amide bonds. The number of cyclic esters (lactones) is 1. The maximum absolute atomic E-state index is 10.8. The Balaban J connectivity index is 2.73. The Morgan fingerprint density at radius 1 is 1.40 bits per heavy atom. The maximum Gasteiger partial charge on any atom is 0.338 e. The minimum absolute atomic E-state index is 0.730. The standard InChI is InChI=1S/C8H12O7/c1-2(9)3(10)4(11)7-5(12)6(13)8(14)15-7/h3-7,10-13H,1H3/t3?,4-,5-,6-,7+/m1/s1. The van der Waals surface area contributed by atoms with E-state index in [1.807, 2.05) is 0 Å². The predicted molar refractivity (Wildman–Crippen MR) is 44.6 cm³/mol. The first kappa shape index (κ1) is 12.1. The van der Waals surface area contributed by atoms with Crippen LogP contribution in [0.25, 0.3) is 0 Å². The van der Waals surface area contributed by atoms with Gasteiger partial charge in [0.05, 0.1) is 0 Å². The van der Waals surface area contributed by atoms with E-state index in [0.29, 0.717) is 0 Å². The van der Waals surface area contributed by atoms with Gasteiger partial charge in [0.1, 0.15) is 18.3 Å². The number of Topliss-reactive ketones (excluding diaryl/α,β-unsaturated/α-hetero) is 1. The molecule has 7 heteroatoms. The zero-order valence-electron chi connectivity index (χ0n) is 7.90. The molecule has 86 valence electrons. The smallest absolute Gasteiger partial charge is 0.338 e. The van der Waals surface area contributed by atoms with Crippen LogP contribution in [0.15, 0.2) is 0 Å². The van der Waals surface area contributed by atoms with Crippen molar-refractivity contribution < 1.29 is 34.8 Å². The summed E-state index contributed by atoms with van der Waals surface area (Å²) in [4.78, 5) is 21.5. The molecule has 0 aromatic heterocycles. The van der Waals surface area contributed by atoms with Gasteiger partial charge in [-0.25, -0.2) is 4.79 Å². The van der Waals surface area contributed by atoms with E-state index < -0.39 is 42.3 Å². The third kappa shape index (κ3) is 2.15. The van der Waals surface area contributed by atoms with Crippen molar-refractivity contribution in [3.63, 3.8) is 0 Å². The van der Waals surface area contributed by atoms with Gasteiger partial charge in [-0.2, -0.15) is 0 Å². The largest absolute Gasteiger partial charge is 0.455 e. The highest BCUT2D eigenvalue weighted by Gasteiger charge is 2.48. The van der Waals surface area contributed by atoms with Gasteiger partial charge >= 0.3 is 5.97 Å². The Kier molecular flexibility index (Phi) is 3.40. The summed E-state index contributed by atoms with van der Waals surface area (Å²) in [6, 6.07) is 0. The summed E-state index contributed by atoms with van der Waals surface area (Å²) in [5, 5.41) is 36.8. The second-order valence-corrected chi connectivity index (χ2v) is 3.38. The fourth-order valence-corrected chi connectivity index (χ4v) is 1.28. The lowest BCUT2D eigenvalue weighted by molar-refractivity contribution is -0.157. The van der Waals surface area contributed by atoms with E-state index in [2.05, 4.69) is 4.74 Å². The number of esters is 1. The van der Waals surface area contributed by atoms with Gasteiger partial charge in [0.2, 0.25) is 0 Å². The van der Waals surface area contributed by atoms with Crippen molar-refractivity contribution in [3.05, 3.63) is 0 Å². The summed E-state index contributed by atoms with van der Waals surface area (Å²) in [6.07, 6.45) is -8.42. The number of hydrogen-bond acceptors (Lipinski definition) is 7. The normalized spacial score (nSPS) is 34.7. The van der Waals surface area contributed by atoms with Gasteiger partial charge in [0, 0.05) is 0 Å². The molecule has 0 saturated carbocycles. The molecule has 5 atom stereocenters. The minimum Gasteiger partial charge on any atom is -0.455 e. The Morgan fingerprint density at radius 2 is 1.93 bits per heavy atom. The van der Waals surface area contributed by atoms with Crippen molar-refractivity contribution in [2.24, 2.45) is 0 Å². The number of carbonyl (C=O) groups is 2. The molecule has 0 spiro atoms. The molecule has 7 nitrogen and oxygen atoms in total. The van der Waals surface area contributed by atoms with Crippen LogP contribution in [0.3, 0.4) is 0 Å². The summed E-state index contributed by atoms with van der Waals surface area (Å²) in [5.74, 6) is -1.82. The third-order valence-corrected chi connectivity index (χ3v) is 2.23. The van der Waals surface area contributed by atoms with E-state index in [4.69, 9.17) is 10.2 Å². The average Bonchev–Trinajstić information content (AvgIpc) is 2.43. The van der Waals surface area contributed by atoms with E-state index in [-0.39, 0.29) is 0 Å². The van der Waals surface area contributed by atoms with Crippen LogP contribution < -0.4 is 0 Å². The Labute approximate surface area is 84.9 Å². The SMILES string of the molecule is CC(=O)C(O)[C@@H](O)[C@@H]1OC(=O)[C@H](O)[C@H]1O. The first-order valence-corrected chi connectivity index (χ1v) is 4.29. The van der Waals surface area contributed by atoms with E-state index in [1.54, 1.807) is 0 Å².